The molecular formula is C22H28N4O8. The Kier molecular flexibility index (Phi) is 7.92. The topological polar surface area (TPSA) is 135 Å². The van der Waals surface area contributed by atoms with Gasteiger partial charge in [-0.25, -0.2) is 0 Å². The Morgan fingerprint density at radius 1 is 0.824 bits per heavy atom. The quantitative estimate of drug-likeness (QED) is 0.485. The predicted octanol–water partition coefficient (Wildman–Crippen LogP) is -0.738. The summed E-state index contributed by atoms with van der Waals surface area (Å²) in [5.74, 6) is -0.799. The first kappa shape index (κ1) is 24.8. The number of carbonyl (C=O) groups excluding carboxylic acids is 5. The number of likely N-dealkylation sites (tertiary alicyclic amines) is 1. The number of imide groups is 1. The zero-order valence-corrected chi connectivity index (χ0v) is 19.4. The van der Waals surface area contributed by atoms with Gasteiger partial charge in [-0.3, -0.25) is 28.9 Å². The van der Waals surface area contributed by atoms with Gasteiger partial charge in [-0.05, 0) is 12.1 Å². The molecule has 0 atom stereocenters. The number of ether oxygens (including phenoxy) is 3. The van der Waals surface area contributed by atoms with Crippen molar-refractivity contribution in [3.63, 3.8) is 0 Å². The fourth-order valence-corrected chi connectivity index (χ4v) is 3.82. The van der Waals surface area contributed by atoms with Crippen LogP contribution in [0.2, 0.25) is 0 Å². The van der Waals surface area contributed by atoms with Gasteiger partial charge in [0.1, 0.15) is 6.54 Å². The van der Waals surface area contributed by atoms with E-state index in [-0.39, 0.29) is 81.3 Å². The van der Waals surface area contributed by atoms with Crippen LogP contribution in [0.1, 0.15) is 23.2 Å². The van der Waals surface area contributed by atoms with E-state index in [1.807, 2.05) is 0 Å². The van der Waals surface area contributed by atoms with Crippen molar-refractivity contribution >= 4 is 29.5 Å². The third-order valence-electron chi connectivity index (χ3n) is 5.76. The fourth-order valence-electron chi connectivity index (χ4n) is 3.82. The van der Waals surface area contributed by atoms with Gasteiger partial charge in [0.2, 0.25) is 29.4 Å². The van der Waals surface area contributed by atoms with Crippen LogP contribution in [0.25, 0.3) is 0 Å². The van der Waals surface area contributed by atoms with Crippen LogP contribution in [0.3, 0.4) is 0 Å². The predicted molar refractivity (Wildman–Crippen MR) is 118 cm³/mol. The Morgan fingerprint density at radius 2 is 1.32 bits per heavy atom. The highest BCUT2D eigenvalue weighted by Gasteiger charge is 2.33. The molecule has 12 heteroatoms. The van der Waals surface area contributed by atoms with Gasteiger partial charge in [0.05, 0.1) is 27.9 Å². The van der Waals surface area contributed by atoms with E-state index in [1.54, 1.807) is 4.90 Å². The molecule has 34 heavy (non-hydrogen) atoms. The van der Waals surface area contributed by atoms with E-state index in [0.717, 1.165) is 4.90 Å². The standard InChI is InChI=1S/C22H28N4O8/c1-32-15-10-14(11-16(33-2)21(15)34-3)22(31)23-12-19(29)24-6-8-25(9-7-24)20(30)13-26-17(27)4-5-18(26)28/h10-11H,4-9,12-13H2,1-3H3,(H,23,31). The Hall–Kier alpha value is -3.83. The van der Waals surface area contributed by atoms with Gasteiger partial charge < -0.3 is 29.3 Å². The molecule has 1 aromatic rings. The summed E-state index contributed by atoms with van der Waals surface area (Å²) in [4.78, 5) is 65.0. The first-order chi connectivity index (χ1) is 16.3. The lowest BCUT2D eigenvalue weighted by Gasteiger charge is -2.35. The third kappa shape index (κ3) is 5.38. The Balaban J connectivity index is 1.50. The monoisotopic (exact) mass is 476 g/mol. The van der Waals surface area contributed by atoms with Gasteiger partial charge in [-0.2, -0.15) is 0 Å². The number of carbonyl (C=O) groups is 5. The van der Waals surface area contributed by atoms with Crippen LogP contribution in [0, 0.1) is 0 Å². The van der Waals surface area contributed by atoms with Crippen LogP contribution in [0.15, 0.2) is 12.1 Å². The van der Waals surface area contributed by atoms with Crippen molar-refractivity contribution in [2.75, 3.05) is 60.6 Å². The van der Waals surface area contributed by atoms with Gasteiger partial charge in [0.25, 0.3) is 5.91 Å². The molecule has 2 aliphatic rings. The first-order valence-electron chi connectivity index (χ1n) is 10.8. The molecule has 0 saturated carbocycles. The van der Waals surface area contributed by atoms with Crippen LogP contribution in [0.5, 0.6) is 17.2 Å². The minimum absolute atomic E-state index is 0.135. The van der Waals surface area contributed by atoms with E-state index in [2.05, 4.69) is 5.32 Å². The molecule has 2 heterocycles. The van der Waals surface area contributed by atoms with E-state index in [0.29, 0.717) is 17.2 Å². The van der Waals surface area contributed by atoms with Gasteiger partial charge in [0, 0.05) is 44.6 Å². The number of methoxy groups -OCH3 is 3. The maximum atomic E-state index is 12.6. The van der Waals surface area contributed by atoms with E-state index in [1.165, 1.54) is 38.4 Å². The highest BCUT2D eigenvalue weighted by Crippen LogP contribution is 2.38. The maximum Gasteiger partial charge on any atom is 0.251 e. The molecule has 0 aromatic heterocycles. The molecule has 1 N–H and O–H groups in total. The summed E-state index contributed by atoms with van der Waals surface area (Å²) in [6, 6.07) is 2.98. The zero-order valence-electron chi connectivity index (χ0n) is 19.4. The van der Waals surface area contributed by atoms with Crippen LogP contribution in [-0.4, -0.2) is 105 Å². The molecule has 12 nitrogen and oxygen atoms in total. The molecule has 0 unspecified atom stereocenters. The van der Waals surface area contributed by atoms with E-state index >= 15 is 0 Å². The van der Waals surface area contributed by atoms with Crippen LogP contribution in [0.4, 0.5) is 0 Å². The normalized spacial score (nSPS) is 15.9. The number of hydrogen-bond acceptors (Lipinski definition) is 8. The lowest BCUT2D eigenvalue weighted by Crippen LogP contribution is -2.54. The van der Waals surface area contributed by atoms with E-state index in [9.17, 15) is 24.0 Å². The molecule has 0 radical (unpaired) electrons. The second-order valence-corrected chi connectivity index (χ2v) is 7.73. The van der Waals surface area contributed by atoms with Crippen molar-refractivity contribution in [2.45, 2.75) is 12.8 Å². The molecule has 0 aliphatic carbocycles. The molecule has 3 rings (SSSR count). The number of nitrogens with one attached hydrogen (secondary N) is 1. The highest BCUT2D eigenvalue weighted by atomic mass is 16.5. The highest BCUT2D eigenvalue weighted by molar-refractivity contribution is 6.04. The number of piperazine rings is 1. The second-order valence-electron chi connectivity index (χ2n) is 7.73. The summed E-state index contributed by atoms with van der Waals surface area (Å²) in [5, 5.41) is 2.58. The van der Waals surface area contributed by atoms with Crippen molar-refractivity contribution in [1.82, 2.24) is 20.0 Å². The summed E-state index contributed by atoms with van der Waals surface area (Å²) in [6.07, 6.45) is 0.270. The van der Waals surface area contributed by atoms with Gasteiger partial charge >= 0.3 is 0 Å². The number of amides is 5. The lowest BCUT2D eigenvalue weighted by molar-refractivity contribution is -0.147. The third-order valence-corrected chi connectivity index (χ3v) is 5.76. The van der Waals surface area contributed by atoms with E-state index < -0.39 is 5.91 Å². The molecule has 1 aromatic carbocycles. The molecule has 2 fully saturated rings. The number of hydrogen-bond donors (Lipinski definition) is 1. The molecule has 5 amide bonds. The zero-order chi connectivity index (χ0) is 24.8. The second kappa shape index (κ2) is 10.9. The Morgan fingerprint density at radius 3 is 1.79 bits per heavy atom. The van der Waals surface area contributed by atoms with Crippen molar-refractivity contribution in [3.05, 3.63) is 17.7 Å². The van der Waals surface area contributed by atoms with Crippen molar-refractivity contribution in [2.24, 2.45) is 0 Å². The van der Waals surface area contributed by atoms with Crippen LogP contribution < -0.4 is 19.5 Å². The summed E-state index contributed by atoms with van der Waals surface area (Å²) in [7, 11) is 4.33. The average molecular weight is 476 g/mol. The van der Waals surface area contributed by atoms with E-state index in [4.69, 9.17) is 14.2 Å². The minimum atomic E-state index is -0.485. The Labute approximate surface area is 196 Å². The van der Waals surface area contributed by atoms with Gasteiger partial charge in [-0.1, -0.05) is 0 Å². The first-order valence-corrected chi connectivity index (χ1v) is 10.8. The molecule has 2 aliphatic heterocycles. The van der Waals surface area contributed by atoms with Crippen molar-refractivity contribution in [1.29, 1.82) is 0 Å². The van der Waals surface area contributed by atoms with Gasteiger partial charge in [-0.15, -0.1) is 0 Å². The van der Waals surface area contributed by atoms with Crippen LogP contribution in [-0.2, 0) is 19.2 Å². The fraction of sp³-hybridized carbons (Fsp3) is 0.500. The smallest absolute Gasteiger partial charge is 0.251 e. The largest absolute Gasteiger partial charge is 0.493 e. The van der Waals surface area contributed by atoms with Crippen molar-refractivity contribution in [3.8, 4) is 17.2 Å². The summed E-state index contributed by atoms with van der Waals surface area (Å²) in [5.41, 5.74) is 0.240. The number of benzene rings is 1. The number of nitrogens with zero attached hydrogens (tertiary/aromatic N) is 3. The molecule has 2 saturated heterocycles. The van der Waals surface area contributed by atoms with Crippen molar-refractivity contribution < 1.29 is 38.2 Å². The van der Waals surface area contributed by atoms with Gasteiger partial charge in [0.15, 0.2) is 11.5 Å². The summed E-state index contributed by atoms with van der Waals surface area (Å²) < 4.78 is 15.7. The average Bonchev–Trinajstić information content (AvgIpc) is 3.18. The maximum absolute atomic E-state index is 12.6. The number of rotatable bonds is 8. The van der Waals surface area contributed by atoms with Crippen LogP contribution >= 0.6 is 0 Å². The molecule has 184 valence electrons. The minimum Gasteiger partial charge on any atom is -0.493 e. The summed E-state index contributed by atoms with van der Waals surface area (Å²) in [6.45, 7) is 0.638. The molecule has 0 bridgehead atoms. The summed E-state index contributed by atoms with van der Waals surface area (Å²) >= 11 is 0. The lowest BCUT2D eigenvalue weighted by atomic mass is 10.1. The SMILES string of the molecule is COc1cc(C(=O)NCC(=O)N2CCN(C(=O)CN3C(=O)CCC3=O)CC2)cc(OC)c1OC. The molecule has 0 spiro atoms. The Bertz CT molecular complexity index is 946. The molecular weight excluding hydrogens is 448 g/mol.